The molecule has 0 saturated heterocycles. The molecule has 0 fully saturated rings. The minimum atomic E-state index is -0.756. The third-order valence-electron chi connectivity index (χ3n) is 2.85. The van der Waals surface area contributed by atoms with Gasteiger partial charge in [0.2, 0.25) is 0 Å². The molecule has 0 aliphatic heterocycles. The van der Waals surface area contributed by atoms with Crippen LogP contribution >= 0.6 is 15.9 Å². The Labute approximate surface area is 116 Å². The van der Waals surface area contributed by atoms with Gasteiger partial charge in [-0.3, -0.25) is 4.79 Å². The number of halogens is 1. The molecule has 0 aliphatic carbocycles. The van der Waals surface area contributed by atoms with E-state index in [9.17, 15) is 4.79 Å². The Bertz CT molecular complexity index is 427. The Kier molecular flexibility index (Phi) is 5.66. The summed E-state index contributed by atoms with van der Waals surface area (Å²) in [4.78, 5) is 10.5. The number of aryl methyl sites for hydroxylation is 1. The Morgan fingerprint density at radius 3 is 2.61 bits per heavy atom. The van der Waals surface area contributed by atoms with Crippen molar-refractivity contribution in [2.45, 2.75) is 39.0 Å². The molecule has 1 aromatic carbocycles. The molecule has 1 rings (SSSR count). The summed E-state index contributed by atoms with van der Waals surface area (Å²) >= 11 is 3.51. The predicted molar refractivity (Wildman–Crippen MR) is 75.4 cm³/mol. The van der Waals surface area contributed by atoms with E-state index in [1.807, 2.05) is 0 Å². The maximum absolute atomic E-state index is 10.5. The number of ether oxygens (including phenoxy) is 1. The molecule has 0 bridgehead atoms. The van der Waals surface area contributed by atoms with Crippen molar-refractivity contribution in [1.29, 1.82) is 0 Å². The van der Waals surface area contributed by atoms with Gasteiger partial charge in [-0.15, -0.1) is 0 Å². The minimum Gasteiger partial charge on any atom is -0.495 e. The molecule has 1 N–H and O–H groups in total. The van der Waals surface area contributed by atoms with E-state index >= 15 is 0 Å². The van der Waals surface area contributed by atoms with Gasteiger partial charge in [0.25, 0.3) is 0 Å². The molecule has 0 unspecified atom stereocenters. The first-order valence-corrected chi connectivity index (χ1v) is 6.83. The largest absolute Gasteiger partial charge is 0.495 e. The normalized spacial score (nSPS) is 10.7. The van der Waals surface area contributed by atoms with Gasteiger partial charge in [-0.05, 0) is 51.9 Å². The molecular formula is C14H19BrO3. The van der Waals surface area contributed by atoms with E-state index in [2.05, 4.69) is 41.9 Å². The number of carboxylic acid groups (broad SMARTS) is 1. The number of methoxy groups -OCH3 is 1. The van der Waals surface area contributed by atoms with Crippen LogP contribution in [0, 0.1) is 0 Å². The van der Waals surface area contributed by atoms with Crippen LogP contribution in [0.2, 0.25) is 0 Å². The second-order valence-electron chi connectivity index (χ2n) is 4.60. The van der Waals surface area contributed by atoms with Crippen LogP contribution in [0.25, 0.3) is 0 Å². The summed E-state index contributed by atoms with van der Waals surface area (Å²) in [5.41, 5.74) is 2.30. The number of aliphatic carboxylic acids is 1. The molecule has 0 saturated carbocycles. The van der Waals surface area contributed by atoms with Crippen LogP contribution < -0.4 is 4.74 Å². The zero-order chi connectivity index (χ0) is 13.7. The lowest BCUT2D eigenvalue weighted by Crippen LogP contribution is -2.00. The topological polar surface area (TPSA) is 46.5 Å². The summed E-state index contributed by atoms with van der Waals surface area (Å²) in [5, 5.41) is 8.67. The molecule has 4 heteroatoms. The fourth-order valence-corrected chi connectivity index (χ4v) is 2.53. The first kappa shape index (κ1) is 15.0. The van der Waals surface area contributed by atoms with Gasteiger partial charge in [0.05, 0.1) is 11.6 Å². The molecule has 0 heterocycles. The quantitative estimate of drug-likeness (QED) is 0.863. The molecule has 100 valence electrons. The monoisotopic (exact) mass is 314 g/mol. The fraction of sp³-hybridized carbons (Fsp3) is 0.500. The average molecular weight is 315 g/mol. The summed E-state index contributed by atoms with van der Waals surface area (Å²) in [7, 11) is 1.63. The van der Waals surface area contributed by atoms with Gasteiger partial charge >= 0.3 is 5.97 Å². The number of carbonyl (C=O) groups is 1. The van der Waals surface area contributed by atoms with Gasteiger partial charge in [-0.1, -0.05) is 19.9 Å². The first-order chi connectivity index (χ1) is 8.45. The second-order valence-corrected chi connectivity index (χ2v) is 5.45. The molecule has 3 nitrogen and oxygen atoms in total. The van der Waals surface area contributed by atoms with Gasteiger partial charge in [-0.25, -0.2) is 0 Å². The fourth-order valence-electron chi connectivity index (χ4n) is 1.85. The van der Waals surface area contributed by atoms with Crippen LogP contribution in [0.5, 0.6) is 5.75 Å². The van der Waals surface area contributed by atoms with Gasteiger partial charge < -0.3 is 9.84 Å². The summed E-state index contributed by atoms with van der Waals surface area (Å²) in [6.45, 7) is 4.27. The van der Waals surface area contributed by atoms with Crippen LogP contribution in [0.15, 0.2) is 16.6 Å². The van der Waals surface area contributed by atoms with E-state index in [0.29, 0.717) is 18.8 Å². The SMILES string of the molecule is COc1c(Br)cc(C(C)C)cc1CCCC(=O)O. The minimum absolute atomic E-state index is 0.187. The van der Waals surface area contributed by atoms with Gasteiger partial charge in [0, 0.05) is 6.42 Å². The smallest absolute Gasteiger partial charge is 0.303 e. The lowest BCUT2D eigenvalue weighted by molar-refractivity contribution is -0.137. The average Bonchev–Trinajstić information content (AvgIpc) is 2.27. The van der Waals surface area contributed by atoms with Crippen molar-refractivity contribution >= 4 is 21.9 Å². The highest BCUT2D eigenvalue weighted by Crippen LogP contribution is 2.33. The number of hydrogen-bond acceptors (Lipinski definition) is 2. The zero-order valence-electron chi connectivity index (χ0n) is 11.0. The van der Waals surface area contributed by atoms with Crippen LogP contribution in [-0.2, 0) is 11.2 Å². The van der Waals surface area contributed by atoms with Crippen molar-refractivity contribution < 1.29 is 14.6 Å². The second kappa shape index (κ2) is 6.78. The third kappa shape index (κ3) is 4.02. The molecule has 1 aromatic rings. The highest BCUT2D eigenvalue weighted by molar-refractivity contribution is 9.10. The lowest BCUT2D eigenvalue weighted by atomic mass is 9.98. The summed E-state index contributed by atoms with van der Waals surface area (Å²) < 4.78 is 6.31. The van der Waals surface area contributed by atoms with E-state index in [1.165, 1.54) is 5.56 Å². The van der Waals surface area contributed by atoms with E-state index in [1.54, 1.807) is 7.11 Å². The molecule has 0 atom stereocenters. The van der Waals surface area contributed by atoms with Crippen molar-refractivity contribution in [1.82, 2.24) is 0 Å². The Morgan fingerprint density at radius 1 is 1.44 bits per heavy atom. The molecule has 0 spiro atoms. The Morgan fingerprint density at radius 2 is 2.11 bits per heavy atom. The van der Waals surface area contributed by atoms with Crippen molar-refractivity contribution in [3.8, 4) is 5.75 Å². The first-order valence-electron chi connectivity index (χ1n) is 6.03. The summed E-state index contributed by atoms with van der Waals surface area (Å²) in [6.07, 6.45) is 1.53. The predicted octanol–water partition coefficient (Wildman–Crippen LogP) is 3.99. The van der Waals surface area contributed by atoms with Gasteiger partial charge in [-0.2, -0.15) is 0 Å². The maximum Gasteiger partial charge on any atom is 0.303 e. The molecular weight excluding hydrogens is 296 g/mol. The van der Waals surface area contributed by atoms with Crippen molar-refractivity contribution in [3.05, 3.63) is 27.7 Å². The highest BCUT2D eigenvalue weighted by Gasteiger charge is 2.12. The van der Waals surface area contributed by atoms with Crippen LogP contribution in [-0.4, -0.2) is 18.2 Å². The molecule has 0 aliphatic rings. The van der Waals surface area contributed by atoms with Crippen molar-refractivity contribution in [2.75, 3.05) is 7.11 Å². The van der Waals surface area contributed by atoms with Gasteiger partial charge in [0.15, 0.2) is 0 Å². The molecule has 0 aromatic heterocycles. The Hall–Kier alpha value is -1.03. The number of hydrogen-bond donors (Lipinski definition) is 1. The number of benzene rings is 1. The van der Waals surface area contributed by atoms with Crippen molar-refractivity contribution in [2.24, 2.45) is 0 Å². The Balaban J connectivity index is 2.95. The van der Waals surface area contributed by atoms with Crippen LogP contribution in [0.4, 0.5) is 0 Å². The summed E-state index contributed by atoms with van der Waals surface area (Å²) in [5.74, 6) is 0.489. The highest BCUT2D eigenvalue weighted by atomic mass is 79.9. The van der Waals surface area contributed by atoms with E-state index in [-0.39, 0.29) is 6.42 Å². The molecule has 0 amide bonds. The van der Waals surface area contributed by atoms with E-state index in [0.717, 1.165) is 15.8 Å². The molecule has 18 heavy (non-hydrogen) atoms. The number of rotatable bonds is 6. The van der Waals surface area contributed by atoms with Crippen LogP contribution in [0.3, 0.4) is 0 Å². The number of carboxylic acids is 1. The van der Waals surface area contributed by atoms with Crippen LogP contribution in [0.1, 0.15) is 43.7 Å². The summed E-state index contributed by atoms with van der Waals surface area (Å²) in [6, 6.07) is 4.17. The lowest BCUT2D eigenvalue weighted by Gasteiger charge is -2.14. The van der Waals surface area contributed by atoms with Crippen molar-refractivity contribution in [3.63, 3.8) is 0 Å². The molecule has 0 radical (unpaired) electrons. The zero-order valence-corrected chi connectivity index (χ0v) is 12.6. The maximum atomic E-state index is 10.5. The van der Waals surface area contributed by atoms with E-state index in [4.69, 9.17) is 9.84 Å². The van der Waals surface area contributed by atoms with E-state index < -0.39 is 5.97 Å². The van der Waals surface area contributed by atoms with Gasteiger partial charge in [0.1, 0.15) is 5.75 Å². The standard InChI is InChI=1S/C14H19BrO3/c1-9(2)11-7-10(5-4-6-13(16)17)14(18-3)12(15)8-11/h7-9H,4-6H2,1-3H3,(H,16,17). The third-order valence-corrected chi connectivity index (χ3v) is 3.44.